The summed E-state index contributed by atoms with van der Waals surface area (Å²) in [5, 5.41) is 1.07. The van der Waals surface area contributed by atoms with E-state index in [0.29, 0.717) is 0 Å². The highest BCUT2D eigenvalue weighted by molar-refractivity contribution is 7.19. The largest absolute Gasteiger partial charge is 0.435 e. The summed E-state index contributed by atoms with van der Waals surface area (Å²) in [6.45, 7) is 3.36. The molecule has 0 saturated carbocycles. The molecule has 2 aromatic rings. The highest BCUT2D eigenvalue weighted by atomic mass is 32.1. The summed E-state index contributed by atoms with van der Waals surface area (Å²) in [4.78, 5) is 1.25. The summed E-state index contributed by atoms with van der Waals surface area (Å²) < 4.78 is 30.0. The monoisotopic (exact) mass is 348 g/mol. The summed E-state index contributed by atoms with van der Waals surface area (Å²) in [5.74, 6) is 0.213. The number of benzene rings is 1. The third-order valence-electron chi connectivity index (χ3n) is 3.64. The van der Waals surface area contributed by atoms with Crippen LogP contribution in [0.1, 0.15) is 32.1 Å². The van der Waals surface area contributed by atoms with Crippen molar-refractivity contribution in [3.05, 3.63) is 64.6 Å². The van der Waals surface area contributed by atoms with Crippen LogP contribution in [0.2, 0.25) is 0 Å². The number of halogens is 2. The maximum absolute atomic E-state index is 12.3. The average molecular weight is 348 g/mol. The predicted molar refractivity (Wildman–Crippen MR) is 99.1 cm³/mol. The van der Waals surface area contributed by atoms with Crippen molar-refractivity contribution in [3.8, 4) is 5.75 Å². The Hall–Kier alpha value is -1.94. The van der Waals surface area contributed by atoms with Gasteiger partial charge in [-0.1, -0.05) is 35.5 Å². The van der Waals surface area contributed by atoms with E-state index >= 15 is 0 Å². The molecule has 24 heavy (non-hydrogen) atoms. The molecule has 1 aromatic carbocycles. The summed E-state index contributed by atoms with van der Waals surface area (Å²) in [5.41, 5.74) is 2.53. The van der Waals surface area contributed by atoms with Crippen molar-refractivity contribution in [2.45, 2.75) is 40.2 Å². The van der Waals surface area contributed by atoms with E-state index in [1.165, 1.54) is 16.0 Å². The molecule has 4 heteroatoms. The number of rotatable bonds is 7. The standard InChI is InChI=1S/C20H22F2OS/c1-4-6-14(3)11-15(5-2)7-10-18-12-16-8-9-17(23-20(21)22)13-19(16)24-18/h4-6,8-9,11-13,20H,7,10H2,1-3H3/b6-4-,14-11-,15-5+. The van der Waals surface area contributed by atoms with Gasteiger partial charge in [0.05, 0.1) is 0 Å². The number of alkyl halides is 2. The molecule has 0 aliphatic heterocycles. The van der Waals surface area contributed by atoms with Crippen LogP contribution in [0.25, 0.3) is 10.1 Å². The zero-order chi connectivity index (χ0) is 17.5. The number of fused-ring (bicyclic) bond motifs is 1. The molecular formula is C20H22F2OS. The first kappa shape index (κ1) is 18.4. The number of hydrogen-bond acceptors (Lipinski definition) is 2. The van der Waals surface area contributed by atoms with Crippen LogP contribution in [0.4, 0.5) is 8.78 Å². The highest BCUT2D eigenvalue weighted by Crippen LogP contribution is 2.31. The first-order valence-corrected chi connectivity index (χ1v) is 8.77. The normalized spacial score (nSPS) is 13.4. The van der Waals surface area contributed by atoms with Gasteiger partial charge in [0.1, 0.15) is 5.75 Å². The van der Waals surface area contributed by atoms with E-state index in [-0.39, 0.29) is 5.75 Å². The molecule has 2 rings (SSSR count). The van der Waals surface area contributed by atoms with Crippen molar-refractivity contribution in [2.75, 3.05) is 0 Å². The lowest BCUT2D eigenvalue weighted by atomic mass is 10.1. The second-order valence-corrected chi connectivity index (χ2v) is 6.71. The van der Waals surface area contributed by atoms with Gasteiger partial charge in [0.2, 0.25) is 0 Å². The molecule has 0 radical (unpaired) electrons. The van der Waals surface area contributed by atoms with Crippen molar-refractivity contribution in [1.29, 1.82) is 0 Å². The minimum atomic E-state index is -2.79. The first-order chi connectivity index (χ1) is 11.5. The zero-order valence-corrected chi connectivity index (χ0v) is 15.0. The Balaban J connectivity index is 2.08. The van der Waals surface area contributed by atoms with Gasteiger partial charge in [0.15, 0.2) is 0 Å². The lowest BCUT2D eigenvalue weighted by molar-refractivity contribution is -0.0497. The van der Waals surface area contributed by atoms with Crippen LogP contribution in [-0.4, -0.2) is 6.61 Å². The fourth-order valence-corrected chi connectivity index (χ4v) is 3.63. The van der Waals surface area contributed by atoms with Crippen molar-refractivity contribution in [2.24, 2.45) is 0 Å². The summed E-state index contributed by atoms with van der Waals surface area (Å²) in [6.07, 6.45) is 10.3. The van der Waals surface area contributed by atoms with E-state index in [1.807, 2.05) is 26.0 Å². The second-order valence-electron chi connectivity index (χ2n) is 5.54. The molecule has 0 N–H and O–H groups in total. The van der Waals surface area contributed by atoms with Gasteiger partial charge in [-0.05, 0) is 63.3 Å². The van der Waals surface area contributed by atoms with E-state index in [0.717, 1.165) is 22.9 Å². The molecule has 0 aliphatic carbocycles. The summed E-state index contributed by atoms with van der Waals surface area (Å²) in [7, 11) is 0. The Morgan fingerprint density at radius 3 is 2.71 bits per heavy atom. The second kappa shape index (κ2) is 8.78. The predicted octanol–water partition coefficient (Wildman–Crippen LogP) is 6.90. The van der Waals surface area contributed by atoms with E-state index in [2.05, 4.69) is 36.0 Å². The first-order valence-electron chi connectivity index (χ1n) is 7.95. The molecule has 1 aromatic heterocycles. The molecule has 0 atom stereocenters. The molecule has 1 nitrogen and oxygen atoms in total. The molecule has 0 saturated heterocycles. The van der Waals surface area contributed by atoms with Gasteiger partial charge in [0.25, 0.3) is 0 Å². The van der Waals surface area contributed by atoms with Crippen LogP contribution >= 0.6 is 11.3 Å². The molecular weight excluding hydrogens is 326 g/mol. The van der Waals surface area contributed by atoms with E-state index < -0.39 is 6.61 Å². The van der Waals surface area contributed by atoms with Crippen LogP contribution in [0.15, 0.2) is 59.7 Å². The van der Waals surface area contributed by atoms with Crippen molar-refractivity contribution in [1.82, 2.24) is 0 Å². The summed E-state index contributed by atoms with van der Waals surface area (Å²) in [6, 6.07) is 7.23. The Morgan fingerprint density at radius 1 is 1.25 bits per heavy atom. The number of allylic oxidation sites excluding steroid dienone is 6. The van der Waals surface area contributed by atoms with Crippen LogP contribution in [-0.2, 0) is 6.42 Å². The average Bonchev–Trinajstić information content (AvgIpc) is 2.93. The SMILES string of the molecule is C\C=C/C(C)=C\C(=C\C)CCc1cc2ccc(OC(F)F)cc2s1. The Kier molecular flexibility index (Phi) is 6.73. The fourth-order valence-electron chi connectivity index (χ4n) is 2.54. The van der Waals surface area contributed by atoms with Gasteiger partial charge in [-0.15, -0.1) is 11.3 Å². The van der Waals surface area contributed by atoms with E-state index in [1.54, 1.807) is 23.5 Å². The topological polar surface area (TPSA) is 9.23 Å². The van der Waals surface area contributed by atoms with Crippen LogP contribution in [0.3, 0.4) is 0 Å². The van der Waals surface area contributed by atoms with Crippen molar-refractivity contribution < 1.29 is 13.5 Å². The third kappa shape index (κ3) is 5.31. The van der Waals surface area contributed by atoms with Gasteiger partial charge in [-0.3, -0.25) is 0 Å². The third-order valence-corrected chi connectivity index (χ3v) is 4.80. The lowest BCUT2D eigenvalue weighted by Crippen LogP contribution is -2.01. The van der Waals surface area contributed by atoms with Gasteiger partial charge in [-0.25, -0.2) is 0 Å². The Labute approximate surface area is 146 Å². The van der Waals surface area contributed by atoms with E-state index in [4.69, 9.17) is 0 Å². The maximum atomic E-state index is 12.3. The quantitative estimate of drug-likeness (QED) is 0.494. The molecule has 128 valence electrons. The minimum absolute atomic E-state index is 0.213. The number of aryl methyl sites for hydroxylation is 1. The Bertz CT molecular complexity index is 769. The number of thiophene rings is 1. The minimum Gasteiger partial charge on any atom is -0.435 e. The summed E-state index contributed by atoms with van der Waals surface area (Å²) >= 11 is 1.63. The molecule has 0 bridgehead atoms. The number of hydrogen-bond donors (Lipinski definition) is 0. The fraction of sp³-hybridized carbons (Fsp3) is 0.300. The molecule has 0 unspecified atom stereocenters. The van der Waals surface area contributed by atoms with Gasteiger partial charge < -0.3 is 4.74 Å². The van der Waals surface area contributed by atoms with Crippen molar-refractivity contribution in [3.63, 3.8) is 0 Å². The zero-order valence-electron chi connectivity index (χ0n) is 14.2. The molecule has 0 fully saturated rings. The van der Waals surface area contributed by atoms with E-state index in [9.17, 15) is 8.78 Å². The van der Waals surface area contributed by atoms with Gasteiger partial charge >= 0.3 is 6.61 Å². The van der Waals surface area contributed by atoms with Crippen LogP contribution < -0.4 is 4.74 Å². The smallest absolute Gasteiger partial charge is 0.387 e. The highest BCUT2D eigenvalue weighted by Gasteiger charge is 2.07. The van der Waals surface area contributed by atoms with Gasteiger partial charge in [0, 0.05) is 9.58 Å². The molecule has 0 spiro atoms. The van der Waals surface area contributed by atoms with Gasteiger partial charge in [-0.2, -0.15) is 8.78 Å². The number of ether oxygens (including phenoxy) is 1. The maximum Gasteiger partial charge on any atom is 0.387 e. The van der Waals surface area contributed by atoms with Crippen LogP contribution in [0.5, 0.6) is 5.75 Å². The molecule has 0 aliphatic rings. The Morgan fingerprint density at radius 2 is 2.04 bits per heavy atom. The van der Waals surface area contributed by atoms with Crippen molar-refractivity contribution >= 4 is 21.4 Å². The van der Waals surface area contributed by atoms with Crippen LogP contribution in [0, 0.1) is 0 Å². The lowest BCUT2D eigenvalue weighted by Gasteiger charge is -2.03. The molecule has 1 heterocycles. The molecule has 0 amide bonds.